The van der Waals surface area contributed by atoms with E-state index in [9.17, 15) is 9.59 Å². The van der Waals surface area contributed by atoms with Gasteiger partial charge >= 0.3 is 0 Å². The molecule has 0 fully saturated rings. The Morgan fingerprint density at radius 1 is 1.21 bits per heavy atom. The van der Waals surface area contributed by atoms with Crippen LogP contribution in [0.2, 0.25) is 10.0 Å². The van der Waals surface area contributed by atoms with E-state index < -0.39 is 0 Å². The van der Waals surface area contributed by atoms with Crippen molar-refractivity contribution in [3.63, 3.8) is 0 Å². The van der Waals surface area contributed by atoms with Gasteiger partial charge in [0.2, 0.25) is 11.8 Å². The lowest BCUT2D eigenvalue weighted by molar-refractivity contribution is -0.122. The van der Waals surface area contributed by atoms with Crippen molar-refractivity contribution in [2.75, 3.05) is 13.2 Å². The molecular formula is C17H24Cl2N2O3. The monoisotopic (exact) mass is 374 g/mol. The summed E-state index contributed by atoms with van der Waals surface area (Å²) in [5.41, 5.74) is 0. The quantitative estimate of drug-likeness (QED) is 0.615. The minimum absolute atomic E-state index is 0.0506. The zero-order valence-electron chi connectivity index (χ0n) is 14.0. The highest BCUT2D eigenvalue weighted by atomic mass is 35.5. The van der Waals surface area contributed by atoms with Gasteiger partial charge in [-0.2, -0.15) is 0 Å². The molecule has 2 amide bonds. The van der Waals surface area contributed by atoms with Gasteiger partial charge in [0.25, 0.3) is 0 Å². The van der Waals surface area contributed by atoms with Crippen LogP contribution in [-0.4, -0.2) is 31.0 Å². The fraction of sp³-hybridized carbons (Fsp3) is 0.529. The third kappa shape index (κ3) is 8.41. The van der Waals surface area contributed by atoms with Crippen LogP contribution in [0.3, 0.4) is 0 Å². The number of nitrogens with one attached hydrogen (secondary N) is 2. The van der Waals surface area contributed by atoms with Crippen molar-refractivity contribution in [2.45, 2.75) is 45.6 Å². The van der Waals surface area contributed by atoms with Gasteiger partial charge < -0.3 is 15.4 Å². The summed E-state index contributed by atoms with van der Waals surface area (Å²) in [5.74, 6) is 0.394. The largest absolute Gasteiger partial charge is 0.492 e. The minimum Gasteiger partial charge on any atom is -0.492 e. The van der Waals surface area contributed by atoms with E-state index in [-0.39, 0.29) is 24.3 Å². The summed E-state index contributed by atoms with van der Waals surface area (Å²) in [6, 6.07) is 5.15. The summed E-state index contributed by atoms with van der Waals surface area (Å²) in [7, 11) is 0. The van der Waals surface area contributed by atoms with E-state index in [2.05, 4.69) is 10.6 Å². The predicted octanol–water partition coefficient (Wildman–Crippen LogP) is 3.57. The Balaban J connectivity index is 2.12. The van der Waals surface area contributed by atoms with Crippen LogP contribution in [0.25, 0.3) is 0 Å². The second-order valence-corrected chi connectivity index (χ2v) is 6.35. The summed E-state index contributed by atoms with van der Waals surface area (Å²) >= 11 is 11.8. The fourth-order valence-corrected chi connectivity index (χ4v) is 2.32. The first-order valence-corrected chi connectivity index (χ1v) is 8.82. The molecule has 1 unspecified atom stereocenters. The van der Waals surface area contributed by atoms with Crippen molar-refractivity contribution in [3.05, 3.63) is 28.2 Å². The van der Waals surface area contributed by atoms with E-state index in [1.165, 1.54) is 0 Å². The van der Waals surface area contributed by atoms with Crippen LogP contribution in [-0.2, 0) is 9.59 Å². The molecule has 134 valence electrons. The number of carbonyl (C=O) groups is 2. The average Bonchev–Trinajstić information content (AvgIpc) is 2.53. The van der Waals surface area contributed by atoms with E-state index in [0.717, 1.165) is 6.42 Å². The zero-order valence-corrected chi connectivity index (χ0v) is 15.5. The van der Waals surface area contributed by atoms with Gasteiger partial charge in [0, 0.05) is 30.5 Å². The summed E-state index contributed by atoms with van der Waals surface area (Å²) < 4.78 is 5.51. The maximum absolute atomic E-state index is 11.7. The topological polar surface area (TPSA) is 67.4 Å². The highest BCUT2D eigenvalue weighted by molar-refractivity contribution is 6.35. The molecule has 0 aliphatic heterocycles. The zero-order chi connectivity index (χ0) is 17.9. The Morgan fingerprint density at radius 3 is 2.62 bits per heavy atom. The number of hydrogen-bond acceptors (Lipinski definition) is 3. The van der Waals surface area contributed by atoms with E-state index in [4.69, 9.17) is 27.9 Å². The van der Waals surface area contributed by atoms with Gasteiger partial charge in [-0.15, -0.1) is 0 Å². The summed E-state index contributed by atoms with van der Waals surface area (Å²) in [5, 5.41) is 6.56. The Bertz CT molecular complexity index is 553. The van der Waals surface area contributed by atoms with Crippen molar-refractivity contribution in [1.82, 2.24) is 10.6 Å². The number of carbonyl (C=O) groups excluding carboxylic acids is 2. The molecule has 0 spiro atoms. The maximum Gasteiger partial charge on any atom is 0.221 e. The standard InChI is InChI=1S/C17H24Cl2N2O3/c1-3-12(2)21-17(23)8-9-20-16(22)5-4-10-24-15-7-6-13(18)11-14(15)19/h6-7,11-12H,3-5,8-10H2,1-2H3,(H,20,22)(H,21,23). The Morgan fingerprint density at radius 2 is 1.96 bits per heavy atom. The van der Waals surface area contributed by atoms with Gasteiger partial charge in [-0.3, -0.25) is 9.59 Å². The van der Waals surface area contributed by atoms with Crippen LogP contribution in [0.5, 0.6) is 5.75 Å². The lowest BCUT2D eigenvalue weighted by atomic mass is 10.2. The van der Waals surface area contributed by atoms with E-state index in [0.29, 0.717) is 41.8 Å². The van der Waals surface area contributed by atoms with Gasteiger partial charge in [0.1, 0.15) is 5.75 Å². The number of ether oxygens (including phenoxy) is 1. The van der Waals surface area contributed by atoms with E-state index in [1.807, 2.05) is 13.8 Å². The summed E-state index contributed by atoms with van der Waals surface area (Å²) in [4.78, 5) is 23.2. The van der Waals surface area contributed by atoms with Crippen molar-refractivity contribution in [3.8, 4) is 5.75 Å². The molecule has 1 aromatic rings. The molecule has 2 N–H and O–H groups in total. The Labute approximate surface area is 153 Å². The average molecular weight is 375 g/mol. The van der Waals surface area contributed by atoms with E-state index in [1.54, 1.807) is 18.2 Å². The molecule has 0 aromatic heterocycles. The van der Waals surface area contributed by atoms with Gasteiger partial charge in [0.15, 0.2) is 0 Å². The molecule has 5 nitrogen and oxygen atoms in total. The summed E-state index contributed by atoms with van der Waals surface area (Å²) in [6.07, 6.45) is 2.06. The number of rotatable bonds is 10. The predicted molar refractivity (Wildman–Crippen MR) is 96.7 cm³/mol. The second kappa shape index (κ2) is 11.2. The normalized spacial score (nSPS) is 11.7. The molecule has 24 heavy (non-hydrogen) atoms. The van der Waals surface area contributed by atoms with Crippen molar-refractivity contribution >= 4 is 35.0 Å². The molecule has 1 rings (SSSR count). The Hall–Kier alpha value is -1.46. The van der Waals surface area contributed by atoms with E-state index >= 15 is 0 Å². The molecule has 0 bridgehead atoms. The fourth-order valence-electron chi connectivity index (χ4n) is 1.86. The number of hydrogen-bond donors (Lipinski definition) is 2. The number of amides is 2. The van der Waals surface area contributed by atoms with Crippen LogP contribution in [0, 0.1) is 0 Å². The first-order chi connectivity index (χ1) is 11.4. The van der Waals surface area contributed by atoms with Gasteiger partial charge in [-0.25, -0.2) is 0 Å². The van der Waals surface area contributed by atoms with Gasteiger partial charge in [-0.05, 0) is 38.0 Å². The van der Waals surface area contributed by atoms with Gasteiger partial charge in [-0.1, -0.05) is 30.1 Å². The molecule has 0 radical (unpaired) electrons. The molecule has 0 saturated heterocycles. The molecule has 0 aliphatic rings. The first kappa shape index (κ1) is 20.6. The smallest absolute Gasteiger partial charge is 0.221 e. The Kier molecular flexibility index (Phi) is 9.57. The van der Waals surface area contributed by atoms with Crippen LogP contribution in [0.4, 0.5) is 0 Å². The van der Waals surface area contributed by atoms with Crippen molar-refractivity contribution < 1.29 is 14.3 Å². The van der Waals surface area contributed by atoms with Crippen LogP contribution in [0.15, 0.2) is 18.2 Å². The summed E-state index contributed by atoms with van der Waals surface area (Å²) in [6.45, 7) is 4.67. The molecule has 7 heteroatoms. The molecule has 1 aromatic carbocycles. The third-order valence-corrected chi connectivity index (χ3v) is 3.92. The second-order valence-electron chi connectivity index (χ2n) is 5.50. The van der Waals surface area contributed by atoms with Crippen molar-refractivity contribution in [2.24, 2.45) is 0 Å². The lowest BCUT2D eigenvalue weighted by Gasteiger charge is -2.11. The SMILES string of the molecule is CCC(C)NC(=O)CCNC(=O)CCCOc1ccc(Cl)cc1Cl. The molecular weight excluding hydrogens is 351 g/mol. The highest BCUT2D eigenvalue weighted by Gasteiger charge is 2.07. The van der Waals surface area contributed by atoms with Crippen LogP contribution in [0.1, 0.15) is 39.5 Å². The van der Waals surface area contributed by atoms with Crippen molar-refractivity contribution in [1.29, 1.82) is 0 Å². The maximum atomic E-state index is 11.7. The molecule has 0 aliphatic carbocycles. The molecule has 1 atom stereocenters. The highest BCUT2D eigenvalue weighted by Crippen LogP contribution is 2.27. The first-order valence-electron chi connectivity index (χ1n) is 8.06. The number of halogens is 2. The molecule has 0 heterocycles. The lowest BCUT2D eigenvalue weighted by Crippen LogP contribution is -2.35. The van der Waals surface area contributed by atoms with Gasteiger partial charge in [0.05, 0.1) is 11.6 Å². The number of benzene rings is 1. The van der Waals surface area contributed by atoms with Crippen LogP contribution >= 0.6 is 23.2 Å². The third-order valence-electron chi connectivity index (χ3n) is 3.39. The van der Waals surface area contributed by atoms with Crippen LogP contribution < -0.4 is 15.4 Å². The molecule has 0 saturated carbocycles. The minimum atomic E-state index is -0.0999.